The molecule has 2 heterocycles. The van der Waals surface area contributed by atoms with Gasteiger partial charge in [-0.05, 0) is 60.8 Å². The average molecular weight is 463 g/mol. The van der Waals surface area contributed by atoms with Crippen LogP contribution in [-0.4, -0.2) is 52.7 Å². The third-order valence-electron chi connectivity index (χ3n) is 7.60. The molecule has 2 aromatic rings. The molecule has 3 aliphatic rings. The van der Waals surface area contributed by atoms with Crippen LogP contribution in [0.15, 0.2) is 48.5 Å². The molecule has 2 bridgehead atoms. The monoisotopic (exact) mass is 462 g/mol. The van der Waals surface area contributed by atoms with E-state index in [1.54, 1.807) is 6.92 Å². The van der Waals surface area contributed by atoms with E-state index in [-0.39, 0.29) is 42.9 Å². The molecule has 2 amide bonds. The van der Waals surface area contributed by atoms with E-state index in [1.165, 1.54) is 0 Å². The highest BCUT2D eigenvalue weighted by molar-refractivity contribution is 5.86. The number of nitrogens with zero attached hydrogens (tertiary/aromatic N) is 1. The summed E-state index contributed by atoms with van der Waals surface area (Å²) in [6.45, 7) is 1.89. The highest BCUT2D eigenvalue weighted by Crippen LogP contribution is 2.44. The molecule has 2 unspecified atom stereocenters. The maximum Gasteiger partial charge on any atom is 0.407 e. The van der Waals surface area contributed by atoms with Crippen molar-refractivity contribution in [2.75, 3.05) is 6.61 Å². The topological polar surface area (TPSA) is 95.9 Å². The Bertz CT molecular complexity index is 1060. The lowest BCUT2D eigenvalue weighted by Gasteiger charge is -2.40. The van der Waals surface area contributed by atoms with Gasteiger partial charge in [0.15, 0.2) is 0 Å². The molecule has 178 valence electrons. The number of fused-ring (bicyclic) bond motifs is 5. The second kappa shape index (κ2) is 9.12. The van der Waals surface area contributed by atoms with Crippen molar-refractivity contribution in [3.05, 3.63) is 59.7 Å². The Morgan fingerprint density at radius 2 is 1.56 bits per heavy atom. The fourth-order valence-corrected chi connectivity index (χ4v) is 6.17. The lowest BCUT2D eigenvalue weighted by Crippen LogP contribution is -2.54. The third-order valence-corrected chi connectivity index (χ3v) is 7.60. The number of amides is 2. The molecule has 5 rings (SSSR count). The summed E-state index contributed by atoms with van der Waals surface area (Å²) in [6, 6.07) is 15.7. The Hall–Kier alpha value is -3.35. The first kappa shape index (κ1) is 22.4. The fourth-order valence-electron chi connectivity index (χ4n) is 6.17. The molecule has 2 aliphatic heterocycles. The van der Waals surface area contributed by atoms with Gasteiger partial charge in [-0.25, -0.2) is 4.79 Å². The van der Waals surface area contributed by atoms with Gasteiger partial charge in [-0.1, -0.05) is 48.5 Å². The normalized spacial score (nSPS) is 23.7. The fraction of sp³-hybridized carbons (Fsp3) is 0.444. The SMILES string of the molecule is C[C@@H](NC(=O)OCC1c2ccccc2-c2ccccc21)C(=O)N1C2CCC1CC(CC(=O)O)C2. The van der Waals surface area contributed by atoms with Crippen LogP contribution < -0.4 is 5.32 Å². The van der Waals surface area contributed by atoms with Gasteiger partial charge in [0.25, 0.3) is 0 Å². The molecule has 2 saturated heterocycles. The first-order chi connectivity index (χ1) is 16.4. The van der Waals surface area contributed by atoms with Gasteiger partial charge in [-0.3, -0.25) is 9.59 Å². The van der Waals surface area contributed by atoms with E-state index in [9.17, 15) is 14.4 Å². The van der Waals surface area contributed by atoms with Gasteiger partial charge >= 0.3 is 12.1 Å². The minimum atomic E-state index is -0.783. The van der Waals surface area contributed by atoms with Crippen molar-refractivity contribution in [1.29, 1.82) is 0 Å². The van der Waals surface area contributed by atoms with Crippen molar-refractivity contribution in [1.82, 2.24) is 10.2 Å². The van der Waals surface area contributed by atoms with Gasteiger partial charge in [0.2, 0.25) is 5.91 Å². The zero-order valence-corrected chi connectivity index (χ0v) is 19.3. The molecule has 34 heavy (non-hydrogen) atoms. The Balaban J connectivity index is 1.18. The zero-order valence-electron chi connectivity index (χ0n) is 19.3. The molecular formula is C27H30N2O5. The number of hydrogen-bond acceptors (Lipinski definition) is 4. The van der Waals surface area contributed by atoms with Crippen molar-refractivity contribution in [2.45, 2.75) is 63.1 Å². The van der Waals surface area contributed by atoms with Crippen LogP contribution >= 0.6 is 0 Å². The highest BCUT2D eigenvalue weighted by Gasteiger charge is 2.44. The van der Waals surface area contributed by atoms with Crippen molar-refractivity contribution >= 4 is 18.0 Å². The number of benzene rings is 2. The zero-order chi connectivity index (χ0) is 23.8. The second-order valence-electron chi connectivity index (χ2n) is 9.76. The summed E-state index contributed by atoms with van der Waals surface area (Å²) in [4.78, 5) is 38.7. The summed E-state index contributed by atoms with van der Waals surface area (Å²) in [5.74, 6) is -0.818. The van der Waals surface area contributed by atoms with E-state index >= 15 is 0 Å². The summed E-state index contributed by atoms with van der Waals surface area (Å²) in [5.41, 5.74) is 4.61. The highest BCUT2D eigenvalue weighted by atomic mass is 16.5. The molecule has 2 fully saturated rings. The van der Waals surface area contributed by atoms with Gasteiger partial charge in [-0.2, -0.15) is 0 Å². The van der Waals surface area contributed by atoms with Gasteiger partial charge in [-0.15, -0.1) is 0 Å². The van der Waals surface area contributed by atoms with E-state index in [0.29, 0.717) is 12.8 Å². The number of piperidine rings is 1. The van der Waals surface area contributed by atoms with Crippen molar-refractivity contribution in [2.24, 2.45) is 5.92 Å². The first-order valence-corrected chi connectivity index (χ1v) is 12.1. The molecule has 1 aliphatic carbocycles. The number of ether oxygens (including phenoxy) is 1. The largest absolute Gasteiger partial charge is 0.481 e. The van der Waals surface area contributed by atoms with Crippen molar-refractivity contribution in [3.8, 4) is 11.1 Å². The standard InChI is InChI=1S/C27H30N2O5/c1-16(26(32)29-18-10-11-19(29)13-17(12-18)14-25(30)31)28-27(33)34-15-24-22-8-4-2-6-20(22)21-7-3-5-9-23(21)24/h2-9,16-19,24H,10-15H2,1H3,(H,28,33)(H,30,31)/t16-,17?,18?,19?/m1/s1. The predicted octanol–water partition coefficient (Wildman–Crippen LogP) is 4.16. The molecule has 2 N–H and O–H groups in total. The first-order valence-electron chi connectivity index (χ1n) is 12.1. The number of alkyl carbamates (subject to hydrolysis) is 1. The summed E-state index contributed by atoms with van der Waals surface area (Å²) in [6.07, 6.45) is 2.77. The van der Waals surface area contributed by atoms with Gasteiger partial charge in [0.05, 0.1) is 0 Å². The molecule has 7 nitrogen and oxygen atoms in total. The summed E-state index contributed by atoms with van der Waals surface area (Å²) < 4.78 is 5.59. The number of carbonyl (C=O) groups is 3. The van der Waals surface area contributed by atoms with E-state index in [1.807, 2.05) is 29.2 Å². The van der Waals surface area contributed by atoms with E-state index < -0.39 is 18.1 Å². The average Bonchev–Trinajstić information content (AvgIpc) is 3.28. The van der Waals surface area contributed by atoms with E-state index in [4.69, 9.17) is 9.84 Å². The van der Waals surface area contributed by atoms with Crippen molar-refractivity contribution in [3.63, 3.8) is 0 Å². The van der Waals surface area contributed by atoms with Crippen LogP contribution in [0.25, 0.3) is 11.1 Å². The van der Waals surface area contributed by atoms with E-state index in [2.05, 4.69) is 29.6 Å². The van der Waals surface area contributed by atoms with Crippen LogP contribution in [0, 0.1) is 5.92 Å². The lowest BCUT2D eigenvalue weighted by atomic mass is 9.88. The van der Waals surface area contributed by atoms with Crippen LogP contribution in [0.2, 0.25) is 0 Å². The summed E-state index contributed by atoms with van der Waals surface area (Å²) in [7, 11) is 0. The van der Waals surface area contributed by atoms with Crippen LogP contribution in [0.3, 0.4) is 0 Å². The van der Waals surface area contributed by atoms with Crippen LogP contribution in [0.1, 0.15) is 56.1 Å². The minimum absolute atomic E-state index is 0.0340. The van der Waals surface area contributed by atoms with E-state index in [0.717, 1.165) is 35.1 Å². The number of carbonyl (C=O) groups excluding carboxylic acids is 2. The Morgan fingerprint density at radius 3 is 2.12 bits per heavy atom. The Kier molecular flexibility index (Phi) is 6.02. The molecular weight excluding hydrogens is 432 g/mol. The second-order valence-corrected chi connectivity index (χ2v) is 9.76. The maximum atomic E-state index is 13.2. The van der Waals surface area contributed by atoms with Crippen LogP contribution in [-0.2, 0) is 14.3 Å². The number of aliphatic carboxylic acids is 1. The van der Waals surface area contributed by atoms with Crippen LogP contribution in [0.5, 0.6) is 0 Å². The smallest absolute Gasteiger partial charge is 0.407 e. The number of carboxylic acids is 1. The van der Waals surface area contributed by atoms with Crippen LogP contribution in [0.4, 0.5) is 4.79 Å². The summed E-state index contributed by atoms with van der Waals surface area (Å²) >= 11 is 0. The van der Waals surface area contributed by atoms with Crippen molar-refractivity contribution < 1.29 is 24.2 Å². The molecule has 0 spiro atoms. The third kappa shape index (κ3) is 4.15. The molecule has 0 aromatic heterocycles. The van der Waals surface area contributed by atoms with Gasteiger partial charge in [0.1, 0.15) is 12.6 Å². The number of hydrogen-bond donors (Lipinski definition) is 2. The number of nitrogens with one attached hydrogen (secondary N) is 1. The summed E-state index contributed by atoms with van der Waals surface area (Å²) in [5, 5.41) is 11.8. The lowest BCUT2D eigenvalue weighted by molar-refractivity contribution is -0.140. The maximum absolute atomic E-state index is 13.2. The minimum Gasteiger partial charge on any atom is -0.481 e. The molecule has 3 atom stereocenters. The Morgan fingerprint density at radius 1 is 1.00 bits per heavy atom. The molecule has 7 heteroatoms. The number of rotatable bonds is 6. The Labute approximate surface area is 199 Å². The quantitative estimate of drug-likeness (QED) is 0.672. The predicted molar refractivity (Wildman–Crippen MR) is 126 cm³/mol. The van der Waals surface area contributed by atoms with Gasteiger partial charge in [0, 0.05) is 24.4 Å². The molecule has 0 radical (unpaired) electrons. The molecule has 2 aromatic carbocycles. The molecule has 0 saturated carbocycles. The number of carboxylic acid groups (broad SMARTS) is 1. The van der Waals surface area contributed by atoms with Gasteiger partial charge < -0.3 is 20.1 Å².